The number of unbranched alkanes of at least 4 members (excludes halogenated alkanes) is 18. The fourth-order valence-corrected chi connectivity index (χ4v) is 6.48. The van der Waals surface area contributed by atoms with Gasteiger partial charge in [0.05, 0.1) is 27.4 Å². The Balaban J connectivity index is 1.34. The maximum Gasteiger partial charge on any atom is 0.305 e. The van der Waals surface area contributed by atoms with Crippen LogP contribution in [0.1, 0.15) is 141 Å². The van der Waals surface area contributed by atoms with Gasteiger partial charge in [0.1, 0.15) is 11.5 Å². The highest BCUT2D eigenvalue weighted by molar-refractivity contribution is 6.11. The summed E-state index contributed by atoms with van der Waals surface area (Å²) in [6, 6.07) is 17.0. The summed E-state index contributed by atoms with van der Waals surface area (Å²) in [6.45, 7) is 1.45. The maximum absolute atomic E-state index is 11.2. The van der Waals surface area contributed by atoms with E-state index in [2.05, 4.69) is 48.5 Å². The molecule has 0 N–H and O–H groups in total. The number of carbonyl (C=O) groups excluding carboxylic acids is 2. The topological polar surface area (TPSA) is 71.1 Å². The van der Waals surface area contributed by atoms with Crippen LogP contribution in [-0.4, -0.2) is 39.4 Å². The number of rotatable bonds is 28. The summed E-state index contributed by atoms with van der Waals surface area (Å²) in [6.07, 6.45) is 24.9. The molecule has 6 heteroatoms. The molecule has 0 fully saturated rings. The van der Waals surface area contributed by atoms with Gasteiger partial charge < -0.3 is 18.9 Å². The van der Waals surface area contributed by atoms with E-state index < -0.39 is 0 Å². The van der Waals surface area contributed by atoms with Crippen molar-refractivity contribution in [2.45, 2.75) is 141 Å². The maximum atomic E-state index is 11.2. The Morgan fingerprint density at radius 1 is 0.396 bits per heavy atom. The minimum Gasteiger partial charge on any atom is -0.492 e. The molecule has 0 saturated heterocycles. The van der Waals surface area contributed by atoms with Crippen LogP contribution in [0, 0.1) is 0 Å². The zero-order valence-electron chi connectivity index (χ0n) is 30.0. The van der Waals surface area contributed by atoms with Crippen molar-refractivity contribution >= 4 is 33.5 Å². The van der Waals surface area contributed by atoms with Crippen molar-refractivity contribution in [3.05, 3.63) is 48.5 Å². The Morgan fingerprint density at radius 3 is 0.917 bits per heavy atom. The van der Waals surface area contributed by atoms with Crippen LogP contribution in [0.3, 0.4) is 0 Å². The second kappa shape index (κ2) is 24.8. The highest BCUT2D eigenvalue weighted by Gasteiger charge is 2.16. The third kappa shape index (κ3) is 14.9. The summed E-state index contributed by atoms with van der Waals surface area (Å²) in [5, 5.41) is 4.51. The quantitative estimate of drug-likeness (QED) is 0.0438. The van der Waals surface area contributed by atoms with Crippen molar-refractivity contribution in [2.24, 2.45) is 0 Å². The van der Waals surface area contributed by atoms with Gasteiger partial charge in [0.15, 0.2) is 0 Å². The Morgan fingerprint density at radius 2 is 0.646 bits per heavy atom. The minimum absolute atomic E-state index is 0.0932. The number of carbonyl (C=O) groups is 2. The molecule has 0 atom stereocenters. The van der Waals surface area contributed by atoms with Crippen molar-refractivity contribution in [2.75, 3.05) is 27.4 Å². The molecule has 6 nitrogen and oxygen atoms in total. The van der Waals surface area contributed by atoms with E-state index in [9.17, 15) is 9.59 Å². The number of benzene rings is 3. The van der Waals surface area contributed by atoms with Gasteiger partial charge in [0.25, 0.3) is 0 Å². The Bertz CT molecular complexity index is 1160. The highest BCUT2D eigenvalue weighted by Crippen LogP contribution is 2.42. The largest absolute Gasteiger partial charge is 0.492 e. The molecule has 0 aliphatic carbocycles. The van der Waals surface area contributed by atoms with Crippen molar-refractivity contribution in [1.29, 1.82) is 0 Å². The fraction of sp³-hybridized carbons (Fsp3) is 0.619. The van der Waals surface area contributed by atoms with E-state index in [1.54, 1.807) is 0 Å². The zero-order chi connectivity index (χ0) is 34.1. The molecule has 0 unspecified atom stereocenters. The van der Waals surface area contributed by atoms with Gasteiger partial charge in [-0.05, 0) is 25.7 Å². The smallest absolute Gasteiger partial charge is 0.305 e. The van der Waals surface area contributed by atoms with Gasteiger partial charge in [-0.1, -0.05) is 151 Å². The van der Waals surface area contributed by atoms with Gasteiger partial charge in [0.2, 0.25) is 0 Å². The van der Waals surface area contributed by atoms with Gasteiger partial charge >= 0.3 is 11.9 Å². The molecule has 48 heavy (non-hydrogen) atoms. The average Bonchev–Trinajstić information content (AvgIpc) is 3.12. The van der Waals surface area contributed by atoms with Gasteiger partial charge in [-0.3, -0.25) is 9.59 Å². The zero-order valence-corrected chi connectivity index (χ0v) is 30.0. The standard InChI is InChI=1S/C42H62O6/c1-45-39(43)31-19-15-11-7-3-5-9-13-17-25-33-47-41-35-27-21-23-29-37(35)42(38-30-24-22-28-36(38)41)48-34-26-18-14-10-6-4-8-12-16-20-32-40(44)46-2/h21-24,27-30H,3-20,25-26,31-34H2,1-2H3. The normalized spacial score (nSPS) is 11.2. The van der Waals surface area contributed by atoms with E-state index in [1.165, 1.54) is 104 Å². The van der Waals surface area contributed by atoms with E-state index in [1.807, 2.05) is 0 Å². The van der Waals surface area contributed by atoms with Crippen LogP contribution in [0.4, 0.5) is 0 Å². The first-order chi connectivity index (χ1) is 23.7. The highest BCUT2D eigenvalue weighted by atomic mass is 16.5. The third-order valence-corrected chi connectivity index (χ3v) is 9.33. The van der Waals surface area contributed by atoms with Crippen LogP contribution in [0.2, 0.25) is 0 Å². The number of methoxy groups -OCH3 is 2. The number of hydrogen-bond donors (Lipinski definition) is 0. The van der Waals surface area contributed by atoms with E-state index in [-0.39, 0.29) is 11.9 Å². The molecule has 0 heterocycles. The summed E-state index contributed by atoms with van der Waals surface area (Å²) in [7, 11) is 2.92. The van der Waals surface area contributed by atoms with Crippen molar-refractivity contribution < 1.29 is 28.5 Å². The third-order valence-electron chi connectivity index (χ3n) is 9.33. The van der Waals surface area contributed by atoms with Crippen molar-refractivity contribution in [1.82, 2.24) is 0 Å². The van der Waals surface area contributed by atoms with Crippen LogP contribution >= 0.6 is 0 Å². The number of ether oxygens (including phenoxy) is 4. The van der Waals surface area contributed by atoms with Gasteiger partial charge in [-0.2, -0.15) is 0 Å². The summed E-state index contributed by atoms with van der Waals surface area (Å²) in [4.78, 5) is 22.4. The van der Waals surface area contributed by atoms with Crippen molar-refractivity contribution in [3.63, 3.8) is 0 Å². The van der Waals surface area contributed by atoms with Crippen LogP contribution in [0.25, 0.3) is 21.5 Å². The summed E-state index contributed by atoms with van der Waals surface area (Å²) < 4.78 is 22.4. The second-order valence-electron chi connectivity index (χ2n) is 13.2. The molecular formula is C42H62O6. The van der Waals surface area contributed by atoms with E-state index in [4.69, 9.17) is 18.9 Å². The first kappa shape index (κ1) is 39.2. The lowest BCUT2D eigenvalue weighted by atomic mass is 10.0. The molecule has 0 saturated carbocycles. The molecule has 266 valence electrons. The van der Waals surface area contributed by atoms with Crippen LogP contribution < -0.4 is 9.47 Å². The number of hydrogen-bond acceptors (Lipinski definition) is 6. The van der Waals surface area contributed by atoms with Crippen LogP contribution in [-0.2, 0) is 19.1 Å². The molecule has 0 bridgehead atoms. The van der Waals surface area contributed by atoms with E-state index in [0.717, 1.165) is 84.8 Å². The van der Waals surface area contributed by atoms with Gasteiger partial charge in [0, 0.05) is 34.4 Å². The van der Waals surface area contributed by atoms with Crippen molar-refractivity contribution in [3.8, 4) is 11.5 Å². The molecule has 0 aliphatic rings. The molecule has 0 amide bonds. The Hall–Kier alpha value is -3.28. The van der Waals surface area contributed by atoms with E-state index in [0.29, 0.717) is 12.8 Å². The SMILES string of the molecule is COC(=O)CCCCCCCCCCCCOc1c2ccccc2c(OCCCCCCCCCCCCC(=O)OC)c2ccccc12. The molecule has 3 aromatic rings. The van der Waals surface area contributed by atoms with Gasteiger partial charge in [-0.25, -0.2) is 0 Å². The van der Waals surface area contributed by atoms with Gasteiger partial charge in [-0.15, -0.1) is 0 Å². The molecule has 3 rings (SSSR count). The molecule has 0 radical (unpaired) electrons. The average molecular weight is 663 g/mol. The van der Waals surface area contributed by atoms with E-state index >= 15 is 0 Å². The molecule has 0 aliphatic heterocycles. The van der Waals surface area contributed by atoms with Crippen LogP contribution in [0.15, 0.2) is 48.5 Å². The summed E-state index contributed by atoms with van der Waals surface area (Å²) >= 11 is 0. The summed E-state index contributed by atoms with van der Waals surface area (Å²) in [5.74, 6) is 1.77. The molecule has 3 aromatic carbocycles. The monoisotopic (exact) mass is 662 g/mol. The molecule has 0 aromatic heterocycles. The van der Waals surface area contributed by atoms with Crippen LogP contribution in [0.5, 0.6) is 11.5 Å². The Kier molecular flexibility index (Phi) is 20.2. The lowest BCUT2D eigenvalue weighted by Crippen LogP contribution is -2.02. The first-order valence-corrected chi connectivity index (χ1v) is 19.0. The number of fused-ring (bicyclic) bond motifs is 2. The predicted molar refractivity (Wildman–Crippen MR) is 198 cm³/mol. The fourth-order valence-electron chi connectivity index (χ4n) is 6.48. The minimum atomic E-state index is -0.0932. The first-order valence-electron chi connectivity index (χ1n) is 19.0. The lowest BCUT2D eigenvalue weighted by Gasteiger charge is -2.18. The summed E-state index contributed by atoms with van der Waals surface area (Å²) in [5.41, 5.74) is 0. The second-order valence-corrected chi connectivity index (χ2v) is 13.2. The lowest BCUT2D eigenvalue weighted by molar-refractivity contribution is -0.141. The predicted octanol–water partition coefficient (Wildman–Crippen LogP) is 11.7. The molecule has 0 spiro atoms. The Labute approximate surface area is 290 Å². The number of esters is 2. The molecular weight excluding hydrogens is 600 g/mol.